The summed E-state index contributed by atoms with van der Waals surface area (Å²) in [5, 5.41) is 6.25. The maximum absolute atomic E-state index is 12.3. The number of rotatable bonds is 9. The summed E-state index contributed by atoms with van der Waals surface area (Å²) in [6.07, 6.45) is 0.533. The maximum Gasteiger partial charge on any atom is 0.251 e. The van der Waals surface area contributed by atoms with Gasteiger partial charge in [-0.3, -0.25) is 4.79 Å². The quantitative estimate of drug-likeness (QED) is 0.687. The molecule has 2 aromatic carbocycles. The van der Waals surface area contributed by atoms with Crippen molar-refractivity contribution in [2.24, 2.45) is 0 Å². The van der Waals surface area contributed by atoms with E-state index in [4.69, 9.17) is 9.47 Å². The number of carbonyl (C=O) groups excluding carboxylic acids is 1. The third kappa shape index (κ3) is 5.59. The first-order chi connectivity index (χ1) is 12.2. The molecule has 0 fully saturated rings. The van der Waals surface area contributed by atoms with Crippen molar-refractivity contribution in [3.63, 3.8) is 0 Å². The summed E-state index contributed by atoms with van der Waals surface area (Å²) >= 11 is 0. The summed E-state index contributed by atoms with van der Waals surface area (Å²) in [7, 11) is 3.08. The molecule has 0 aliphatic carbocycles. The number of benzene rings is 2. The minimum absolute atomic E-state index is 0.144. The molecule has 0 radical (unpaired) electrons. The molecule has 0 spiro atoms. The van der Waals surface area contributed by atoms with Gasteiger partial charge in [0, 0.05) is 32.0 Å². The van der Waals surface area contributed by atoms with Crippen LogP contribution in [0.5, 0.6) is 0 Å². The zero-order valence-corrected chi connectivity index (χ0v) is 15.0. The highest BCUT2D eigenvalue weighted by Gasteiger charge is 2.10. The number of hydrogen-bond donors (Lipinski definition) is 2. The zero-order chi connectivity index (χ0) is 18.1. The molecule has 1 amide bonds. The van der Waals surface area contributed by atoms with E-state index in [0.29, 0.717) is 18.7 Å². The van der Waals surface area contributed by atoms with E-state index in [0.717, 1.165) is 17.7 Å². The predicted octanol–water partition coefficient (Wildman–Crippen LogP) is 3.21. The third-order valence-corrected chi connectivity index (χ3v) is 4.03. The SMILES string of the molecule is CCc1ccccc1NCc1cccc(C(=O)NCC(OC)OC)c1. The summed E-state index contributed by atoms with van der Waals surface area (Å²) in [4.78, 5) is 12.3. The van der Waals surface area contributed by atoms with Crippen LogP contribution < -0.4 is 10.6 Å². The van der Waals surface area contributed by atoms with Crippen LogP contribution in [-0.2, 0) is 22.4 Å². The van der Waals surface area contributed by atoms with Gasteiger partial charge in [0.15, 0.2) is 6.29 Å². The van der Waals surface area contributed by atoms with Gasteiger partial charge < -0.3 is 20.1 Å². The molecule has 0 saturated carbocycles. The topological polar surface area (TPSA) is 59.6 Å². The summed E-state index contributed by atoms with van der Waals surface area (Å²) in [6.45, 7) is 3.11. The Morgan fingerprint density at radius 1 is 1.08 bits per heavy atom. The van der Waals surface area contributed by atoms with Gasteiger partial charge in [-0.2, -0.15) is 0 Å². The highest BCUT2D eigenvalue weighted by Crippen LogP contribution is 2.17. The summed E-state index contributed by atoms with van der Waals surface area (Å²) in [5.74, 6) is -0.144. The van der Waals surface area contributed by atoms with Crippen LogP contribution in [0.3, 0.4) is 0 Å². The Kier molecular flexibility index (Phi) is 7.44. The van der Waals surface area contributed by atoms with Crippen molar-refractivity contribution < 1.29 is 14.3 Å². The molecule has 134 valence electrons. The van der Waals surface area contributed by atoms with Crippen molar-refractivity contribution in [1.29, 1.82) is 0 Å². The highest BCUT2D eigenvalue weighted by molar-refractivity contribution is 5.94. The van der Waals surface area contributed by atoms with E-state index in [-0.39, 0.29) is 5.91 Å². The normalized spacial score (nSPS) is 10.7. The molecule has 0 heterocycles. The largest absolute Gasteiger partial charge is 0.381 e. The number of nitrogens with one attached hydrogen (secondary N) is 2. The molecular weight excluding hydrogens is 316 g/mol. The van der Waals surface area contributed by atoms with Gasteiger partial charge in [0.1, 0.15) is 0 Å². The van der Waals surface area contributed by atoms with E-state index in [1.807, 2.05) is 30.3 Å². The average molecular weight is 342 g/mol. The Bertz CT molecular complexity index is 684. The molecule has 0 aromatic heterocycles. The molecule has 2 N–H and O–H groups in total. The van der Waals surface area contributed by atoms with Gasteiger partial charge in [0.2, 0.25) is 0 Å². The van der Waals surface area contributed by atoms with Crippen LogP contribution in [-0.4, -0.2) is 33.0 Å². The Morgan fingerprint density at radius 3 is 2.56 bits per heavy atom. The Balaban J connectivity index is 1.97. The van der Waals surface area contributed by atoms with Crippen molar-refractivity contribution in [2.75, 3.05) is 26.1 Å². The number of methoxy groups -OCH3 is 2. The van der Waals surface area contributed by atoms with Crippen molar-refractivity contribution in [3.8, 4) is 0 Å². The molecule has 2 rings (SSSR count). The smallest absolute Gasteiger partial charge is 0.251 e. The fraction of sp³-hybridized carbons (Fsp3) is 0.350. The van der Waals surface area contributed by atoms with E-state index in [2.05, 4.69) is 29.7 Å². The minimum Gasteiger partial charge on any atom is -0.381 e. The maximum atomic E-state index is 12.3. The van der Waals surface area contributed by atoms with Gasteiger partial charge in [-0.25, -0.2) is 0 Å². The number of aryl methyl sites for hydroxylation is 1. The number of carbonyl (C=O) groups is 1. The Hall–Kier alpha value is -2.37. The summed E-state index contributed by atoms with van der Waals surface area (Å²) in [5.41, 5.74) is 4.08. The van der Waals surface area contributed by atoms with E-state index in [1.165, 1.54) is 5.56 Å². The van der Waals surface area contributed by atoms with Crippen LogP contribution in [0.4, 0.5) is 5.69 Å². The lowest BCUT2D eigenvalue weighted by Gasteiger charge is -2.14. The molecule has 0 aliphatic heterocycles. The van der Waals surface area contributed by atoms with E-state index >= 15 is 0 Å². The zero-order valence-electron chi connectivity index (χ0n) is 15.0. The van der Waals surface area contributed by atoms with E-state index in [9.17, 15) is 4.79 Å². The van der Waals surface area contributed by atoms with Crippen LogP contribution in [0.15, 0.2) is 48.5 Å². The van der Waals surface area contributed by atoms with Crippen LogP contribution in [0, 0.1) is 0 Å². The fourth-order valence-electron chi connectivity index (χ4n) is 2.56. The molecule has 5 nitrogen and oxygen atoms in total. The first kappa shape index (κ1) is 19.0. The number of amides is 1. The van der Waals surface area contributed by atoms with Gasteiger partial charge in [-0.15, -0.1) is 0 Å². The van der Waals surface area contributed by atoms with Gasteiger partial charge >= 0.3 is 0 Å². The molecule has 5 heteroatoms. The molecule has 0 unspecified atom stereocenters. The van der Waals surface area contributed by atoms with Crippen LogP contribution in [0.1, 0.15) is 28.4 Å². The van der Waals surface area contributed by atoms with Crippen LogP contribution >= 0.6 is 0 Å². The summed E-state index contributed by atoms with van der Waals surface area (Å²) in [6, 6.07) is 15.8. The second-order valence-electron chi connectivity index (χ2n) is 5.68. The lowest BCUT2D eigenvalue weighted by atomic mass is 10.1. The molecular formula is C20H26N2O3. The molecule has 0 saturated heterocycles. The second kappa shape index (κ2) is 9.81. The van der Waals surface area contributed by atoms with Crippen LogP contribution in [0.25, 0.3) is 0 Å². The standard InChI is InChI=1S/C20H26N2O3/c1-4-16-9-5-6-11-18(16)21-13-15-8-7-10-17(12-15)20(23)22-14-19(24-2)25-3/h5-12,19,21H,4,13-14H2,1-3H3,(H,22,23). The van der Waals surface area contributed by atoms with E-state index in [1.54, 1.807) is 20.3 Å². The summed E-state index contributed by atoms with van der Waals surface area (Å²) < 4.78 is 10.1. The molecule has 0 atom stereocenters. The highest BCUT2D eigenvalue weighted by atomic mass is 16.7. The number of ether oxygens (including phenoxy) is 2. The first-order valence-corrected chi connectivity index (χ1v) is 8.42. The first-order valence-electron chi connectivity index (χ1n) is 8.42. The van der Waals surface area contributed by atoms with Crippen molar-refractivity contribution in [1.82, 2.24) is 5.32 Å². The van der Waals surface area contributed by atoms with Crippen molar-refractivity contribution in [3.05, 3.63) is 65.2 Å². The van der Waals surface area contributed by atoms with Gasteiger partial charge in [-0.05, 0) is 35.7 Å². The third-order valence-electron chi connectivity index (χ3n) is 4.03. The van der Waals surface area contributed by atoms with Gasteiger partial charge in [0.25, 0.3) is 5.91 Å². The van der Waals surface area contributed by atoms with Gasteiger partial charge in [0.05, 0.1) is 6.54 Å². The van der Waals surface area contributed by atoms with E-state index < -0.39 is 6.29 Å². The number of para-hydroxylation sites is 1. The molecule has 25 heavy (non-hydrogen) atoms. The minimum atomic E-state index is -0.445. The van der Waals surface area contributed by atoms with Crippen molar-refractivity contribution >= 4 is 11.6 Å². The van der Waals surface area contributed by atoms with Crippen molar-refractivity contribution in [2.45, 2.75) is 26.2 Å². The molecule has 0 bridgehead atoms. The fourth-order valence-corrected chi connectivity index (χ4v) is 2.56. The lowest BCUT2D eigenvalue weighted by Crippen LogP contribution is -2.34. The number of hydrogen-bond acceptors (Lipinski definition) is 4. The second-order valence-corrected chi connectivity index (χ2v) is 5.68. The van der Waals surface area contributed by atoms with Crippen LogP contribution in [0.2, 0.25) is 0 Å². The lowest BCUT2D eigenvalue weighted by molar-refractivity contribution is -0.0974. The Morgan fingerprint density at radius 2 is 1.84 bits per heavy atom. The number of anilines is 1. The average Bonchev–Trinajstić information content (AvgIpc) is 2.67. The predicted molar refractivity (Wildman–Crippen MR) is 99.7 cm³/mol. The monoisotopic (exact) mass is 342 g/mol. The molecule has 2 aromatic rings. The molecule has 0 aliphatic rings. The Labute approximate surface area is 149 Å². The van der Waals surface area contributed by atoms with Gasteiger partial charge in [-0.1, -0.05) is 37.3 Å².